The Hall–Kier alpha value is -2.55. The van der Waals surface area contributed by atoms with Crippen LogP contribution in [0.15, 0.2) is 29.6 Å². The number of hydrogen-bond acceptors (Lipinski definition) is 4. The number of Topliss-reactive ketones (excluding diaryl/α,β-unsaturated/α-hetero) is 1. The summed E-state index contributed by atoms with van der Waals surface area (Å²) in [6.45, 7) is 6.89. The predicted octanol–water partition coefficient (Wildman–Crippen LogP) is 3.06. The Bertz CT molecular complexity index is 923. The molecular formula is C15H10F6N2O3S. The van der Waals surface area contributed by atoms with Crippen LogP contribution in [0.5, 0.6) is 0 Å². The molecule has 0 spiro atoms. The van der Waals surface area contributed by atoms with E-state index in [0.717, 1.165) is 0 Å². The second kappa shape index (κ2) is 6.88. The molecule has 1 fully saturated rings. The average Bonchev–Trinajstić information content (AvgIpc) is 2.52. The SMILES string of the molecule is [C-]#[N+]/C(C(=O)c1cc(C(F)(F)F)cc(C(F)(F)F)c1)=C1/CS(=O)(=O)CCN1. The zero-order valence-electron chi connectivity index (χ0n) is 13.2. The van der Waals surface area contributed by atoms with Gasteiger partial charge in [0.2, 0.25) is 0 Å². The van der Waals surface area contributed by atoms with Gasteiger partial charge in [-0.2, -0.15) is 26.3 Å². The van der Waals surface area contributed by atoms with Gasteiger partial charge in [-0.1, -0.05) is 0 Å². The molecule has 0 aliphatic carbocycles. The molecule has 1 saturated heterocycles. The monoisotopic (exact) mass is 412 g/mol. The number of sulfone groups is 1. The Morgan fingerprint density at radius 3 is 1.96 bits per heavy atom. The fourth-order valence-corrected chi connectivity index (χ4v) is 3.57. The number of benzene rings is 1. The van der Waals surface area contributed by atoms with Crippen LogP contribution in [0.4, 0.5) is 26.3 Å². The van der Waals surface area contributed by atoms with Gasteiger partial charge in [0.1, 0.15) is 0 Å². The first-order chi connectivity index (χ1) is 12.2. The average molecular weight is 412 g/mol. The highest BCUT2D eigenvalue weighted by Crippen LogP contribution is 2.37. The van der Waals surface area contributed by atoms with Crippen molar-refractivity contribution in [2.45, 2.75) is 12.4 Å². The summed E-state index contributed by atoms with van der Waals surface area (Å²) in [4.78, 5) is 15.2. The minimum Gasteiger partial charge on any atom is -0.395 e. The topological polar surface area (TPSA) is 67.6 Å². The maximum atomic E-state index is 12.9. The van der Waals surface area contributed by atoms with E-state index < -0.39 is 56.1 Å². The molecule has 1 aliphatic heterocycles. The molecule has 0 amide bonds. The van der Waals surface area contributed by atoms with Crippen molar-refractivity contribution in [3.05, 3.63) is 57.7 Å². The Balaban J connectivity index is 2.62. The van der Waals surface area contributed by atoms with Gasteiger partial charge in [-0.05, 0) is 18.2 Å². The van der Waals surface area contributed by atoms with Crippen molar-refractivity contribution in [3.8, 4) is 0 Å². The van der Waals surface area contributed by atoms with Crippen LogP contribution < -0.4 is 5.32 Å². The number of nitrogens with one attached hydrogen (secondary N) is 1. The lowest BCUT2D eigenvalue weighted by Gasteiger charge is -2.19. The van der Waals surface area contributed by atoms with E-state index in [2.05, 4.69) is 10.2 Å². The summed E-state index contributed by atoms with van der Waals surface area (Å²) in [6.07, 6.45) is -10.3. The van der Waals surface area contributed by atoms with E-state index in [1.165, 1.54) is 0 Å². The molecule has 0 saturated carbocycles. The molecule has 27 heavy (non-hydrogen) atoms. The van der Waals surface area contributed by atoms with Crippen molar-refractivity contribution in [1.82, 2.24) is 5.32 Å². The Morgan fingerprint density at radius 1 is 1.04 bits per heavy atom. The molecule has 0 radical (unpaired) electrons. The number of rotatable bonds is 2. The number of allylic oxidation sites excluding steroid dienone is 1. The molecule has 0 bridgehead atoms. The molecule has 1 N–H and O–H groups in total. The van der Waals surface area contributed by atoms with Crippen molar-refractivity contribution in [3.63, 3.8) is 0 Å². The van der Waals surface area contributed by atoms with E-state index in [4.69, 9.17) is 6.57 Å². The van der Waals surface area contributed by atoms with Crippen LogP contribution in [0.3, 0.4) is 0 Å². The predicted molar refractivity (Wildman–Crippen MR) is 81.1 cm³/mol. The van der Waals surface area contributed by atoms with E-state index in [-0.39, 0.29) is 36.2 Å². The van der Waals surface area contributed by atoms with Crippen molar-refractivity contribution in [2.24, 2.45) is 0 Å². The van der Waals surface area contributed by atoms with E-state index in [1.807, 2.05) is 0 Å². The highest BCUT2D eigenvalue weighted by Gasteiger charge is 2.38. The fourth-order valence-electron chi connectivity index (χ4n) is 2.33. The molecule has 12 heteroatoms. The third kappa shape index (κ3) is 4.79. The van der Waals surface area contributed by atoms with E-state index in [1.54, 1.807) is 0 Å². The maximum absolute atomic E-state index is 12.9. The summed E-state index contributed by atoms with van der Waals surface area (Å²) < 4.78 is 101. The standard InChI is InChI=1S/C15H10F6N2O3S/c1-22-12(11-7-27(25,26)3-2-23-11)13(24)8-4-9(14(16,17)18)6-10(5-8)15(19,20)21/h4-6,23H,2-3,7H2/b12-11-. The van der Waals surface area contributed by atoms with Crippen LogP contribution in [0, 0.1) is 6.57 Å². The molecule has 1 aromatic rings. The summed E-state index contributed by atoms with van der Waals surface area (Å²) in [7, 11) is -3.64. The minimum atomic E-state index is -5.16. The first-order valence-corrected chi connectivity index (χ1v) is 8.96. The fraction of sp³-hybridized carbons (Fsp3) is 0.333. The lowest BCUT2D eigenvalue weighted by molar-refractivity contribution is -0.143. The molecule has 1 aromatic carbocycles. The summed E-state index contributed by atoms with van der Waals surface area (Å²) in [6, 6.07) is 0.242. The second-order valence-electron chi connectivity index (χ2n) is 5.58. The Kier molecular flexibility index (Phi) is 5.29. The molecule has 5 nitrogen and oxygen atoms in total. The van der Waals surface area contributed by atoms with Gasteiger partial charge in [-0.3, -0.25) is 0 Å². The highest BCUT2D eigenvalue weighted by molar-refractivity contribution is 7.91. The number of carbonyl (C=O) groups excluding carboxylic acids is 1. The van der Waals surface area contributed by atoms with Gasteiger partial charge in [0.25, 0.3) is 5.70 Å². The van der Waals surface area contributed by atoms with Crippen LogP contribution in [-0.4, -0.2) is 32.3 Å². The first kappa shape index (κ1) is 20.8. The van der Waals surface area contributed by atoms with Crippen LogP contribution in [0.25, 0.3) is 4.85 Å². The third-order valence-corrected chi connectivity index (χ3v) is 5.13. The van der Waals surface area contributed by atoms with Crippen LogP contribution in [0.2, 0.25) is 0 Å². The quantitative estimate of drug-likeness (QED) is 0.351. The van der Waals surface area contributed by atoms with Gasteiger partial charge in [-0.15, -0.1) is 0 Å². The van der Waals surface area contributed by atoms with Crippen molar-refractivity contribution in [2.75, 3.05) is 18.1 Å². The van der Waals surface area contributed by atoms with Crippen molar-refractivity contribution >= 4 is 15.6 Å². The van der Waals surface area contributed by atoms with E-state index >= 15 is 0 Å². The normalized spacial score (nSPS) is 19.0. The van der Waals surface area contributed by atoms with Crippen molar-refractivity contribution in [1.29, 1.82) is 0 Å². The molecule has 0 unspecified atom stereocenters. The lowest BCUT2D eigenvalue weighted by Crippen LogP contribution is -2.35. The number of hydrogen-bond donors (Lipinski definition) is 1. The smallest absolute Gasteiger partial charge is 0.395 e. The molecule has 146 valence electrons. The molecule has 0 aromatic heterocycles. The van der Waals surface area contributed by atoms with Gasteiger partial charge in [0.15, 0.2) is 15.6 Å². The summed E-state index contributed by atoms with van der Waals surface area (Å²) in [5, 5.41) is 2.49. The largest absolute Gasteiger partial charge is 0.416 e. The zero-order valence-corrected chi connectivity index (χ0v) is 14.0. The Labute approximate surface area is 149 Å². The van der Waals surface area contributed by atoms with Crippen LogP contribution in [0.1, 0.15) is 21.5 Å². The number of halogens is 6. The molecule has 1 heterocycles. The summed E-state index contributed by atoms with van der Waals surface area (Å²) in [5.41, 5.74) is -5.66. The first-order valence-electron chi connectivity index (χ1n) is 7.14. The number of nitrogens with zero attached hydrogens (tertiary/aromatic N) is 1. The van der Waals surface area contributed by atoms with Gasteiger partial charge < -0.3 is 10.1 Å². The van der Waals surface area contributed by atoms with E-state index in [9.17, 15) is 39.6 Å². The summed E-state index contributed by atoms with van der Waals surface area (Å²) >= 11 is 0. The highest BCUT2D eigenvalue weighted by atomic mass is 32.2. The van der Waals surface area contributed by atoms with Gasteiger partial charge >= 0.3 is 12.4 Å². The van der Waals surface area contributed by atoms with Crippen LogP contribution in [-0.2, 0) is 22.2 Å². The molecule has 2 rings (SSSR count). The number of carbonyl (C=O) groups is 1. The minimum absolute atomic E-state index is 0.139. The van der Waals surface area contributed by atoms with Crippen molar-refractivity contribution < 1.29 is 39.6 Å². The van der Waals surface area contributed by atoms with Gasteiger partial charge in [0, 0.05) is 17.8 Å². The zero-order chi connectivity index (χ0) is 20.6. The molecular weight excluding hydrogens is 402 g/mol. The molecule has 1 aliphatic rings. The number of ketones is 1. The van der Waals surface area contributed by atoms with Gasteiger partial charge in [-0.25, -0.2) is 13.3 Å². The molecule has 0 atom stereocenters. The Morgan fingerprint density at radius 2 is 1.56 bits per heavy atom. The van der Waals surface area contributed by atoms with Crippen LogP contribution >= 0.6 is 0 Å². The third-order valence-electron chi connectivity index (χ3n) is 3.58. The summed E-state index contributed by atoms with van der Waals surface area (Å²) in [5.74, 6) is -2.44. The second-order valence-corrected chi connectivity index (χ2v) is 7.77. The maximum Gasteiger partial charge on any atom is 0.416 e. The lowest BCUT2D eigenvalue weighted by atomic mass is 10.00. The van der Waals surface area contributed by atoms with Gasteiger partial charge in [0.05, 0.1) is 29.2 Å². The number of alkyl halides is 6. The van der Waals surface area contributed by atoms with E-state index in [0.29, 0.717) is 0 Å².